The van der Waals surface area contributed by atoms with Crippen LogP contribution in [0.15, 0.2) is 52.3 Å². The molecule has 0 aliphatic heterocycles. The number of rotatable bonds is 4. The highest BCUT2D eigenvalue weighted by Gasteiger charge is 2.17. The van der Waals surface area contributed by atoms with E-state index >= 15 is 0 Å². The number of aryl methyl sites for hydroxylation is 1. The average molecular weight is 308 g/mol. The minimum Gasteiger partial charge on any atom is -0.398 e. The number of sulfonamides is 1. The molecule has 0 saturated heterocycles. The van der Waals surface area contributed by atoms with E-state index in [0.717, 1.165) is 10.5 Å². The van der Waals surface area contributed by atoms with E-state index in [9.17, 15) is 8.42 Å². The second-order valence-electron chi connectivity index (χ2n) is 4.38. The lowest BCUT2D eigenvalue weighted by molar-refractivity contribution is 0.601. The molecule has 0 saturated carbocycles. The molecule has 0 amide bonds. The van der Waals surface area contributed by atoms with Crippen molar-refractivity contribution in [3.8, 4) is 0 Å². The fraction of sp³-hybridized carbons (Fsp3) is 0.143. The van der Waals surface area contributed by atoms with Gasteiger partial charge in [0.05, 0.1) is 5.69 Å². The van der Waals surface area contributed by atoms with Crippen LogP contribution in [0.1, 0.15) is 5.56 Å². The van der Waals surface area contributed by atoms with Gasteiger partial charge in [0.2, 0.25) is 0 Å². The highest BCUT2D eigenvalue weighted by Crippen LogP contribution is 2.24. The van der Waals surface area contributed by atoms with Gasteiger partial charge in [0.1, 0.15) is 4.90 Å². The van der Waals surface area contributed by atoms with Crippen molar-refractivity contribution in [3.05, 3.63) is 48.0 Å². The minimum absolute atomic E-state index is 0.0951. The molecule has 0 spiro atoms. The van der Waals surface area contributed by atoms with E-state index in [0.29, 0.717) is 5.69 Å². The summed E-state index contributed by atoms with van der Waals surface area (Å²) >= 11 is 1.55. The van der Waals surface area contributed by atoms with Crippen LogP contribution in [0.5, 0.6) is 0 Å². The molecule has 106 valence electrons. The number of nitrogen functional groups attached to an aromatic ring is 1. The second-order valence-corrected chi connectivity index (χ2v) is 6.91. The predicted molar refractivity (Wildman–Crippen MR) is 84.6 cm³/mol. The smallest absolute Gasteiger partial charge is 0.263 e. The monoisotopic (exact) mass is 308 g/mol. The SMILES string of the molecule is CSc1cccc(NS(=O)(=O)c2ccc(C)cc2N)c1. The van der Waals surface area contributed by atoms with Gasteiger partial charge in [0, 0.05) is 10.6 Å². The number of anilines is 2. The van der Waals surface area contributed by atoms with Crippen molar-refractivity contribution in [1.82, 2.24) is 0 Å². The second kappa shape index (κ2) is 5.76. The quantitative estimate of drug-likeness (QED) is 0.672. The summed E-state index contributed by atoms with van der Waals surface area (Å²) in [5.41, 5.74) is 7.49. The molecule has 2 aromatic carbocycles. The zero-order valence-corrected chi connectivity index (χ0v) is 12.9. The molecule has 20 heavy (non-hydrogen) atoms. The van der Waals surface area contributed by atoms with Gasteiger partial charge in [-0.1, -0.05) is 12.1 Å². The van der Waals surface area contributed by atoms with Crippen molar-refractivity contribution in [2.75, 3.05) is 16.7 Å². The van der Waals surface area contributed by atoms with Crippen molar-refractivity contribution in [2.45, 2.75) is 16.7 Å². The Morgan fingerprint density at radius 1 is 1.15 bits per heavy atom. The number of nitrogens with two attached hydrogens (primary N) is 1. The Labute approximate surface area is 123 Å². The lowest BCUT2D eigenvalue weighted by Gasteiger charge is -2.11. The van der Waals surface area contributed by atoms with Crippen LogP contribution < -0.4 is 10.5 Å². The number of hydrogen-bond acceptors (Lipinski definition) is 4. The van der Waals surface area contributed by atoms with Crippen molar-refractivity contribution in [3.63, 3.8) is 0 Å². The first-order valence-corrected chi connectivity index (χ1v) is 8.66. The van der Waals surface area contributed by atoms with Gasteiger partial charge in [-0.15, -0.1) is 11.8 Å². The fourth-order valence-corrected chi connectivity index (χ4v) is 3.43. The molecule has 0 radical (unpaired) electrons. The fourth-order valence-electron chi connectivity index (χ4n) is 1.81. The van der Waals surface area contributed by atoms with Crippen LogP contribution in [0, 0.1) is 6.92 Å². The Balaban J connectivity index is 2.35. The van der Waals surface area contributed by atoms with Crippen LogP contribution in [0.2, 0.25) is 0 Å². The van der Waals surface area contributed by atoms with E-state index in [2.05, 4.69) is 4.72 Å². The standard InChI is InChI=1S/C14H16N2O2S2/c1-10-6-7-14(13(15)8-10)20(17,18)16-11-4-3-5-12(9-11)19-2/h3-9,16H,15H2,1-2H3. The average Bonchev–Trinajstić information content (AvgIpc) is 2.37. The molecule has 0 fully saturated rings. The maximum Gasteiger partial charge on any atom is 0.263 e. The summed E-state index contributed by atoms with van der Waals surface area (Å²) in [5, 5.41) is 0. The molecule has 0 heterocycles. The molecule has 3 N–H and O–H groups in total. The van der Waals surface area contributed by atoms with Gasteiger partial charge < -0.3 is 5.73 Å². The third-order valence-corrected chi connectivity index (χ3v) is 4.96. The van der Waals surface area contributed by atoms with E-state index < -0.39 is 10.0 Å². The minimum atomic E-state index is -3.67. The van der Waals surface area contributed by atoms with Crippen LogP contribution in [0.4, 0.5) is 11.4 Å². The molecular weight excluding hydrogens is 292 g/mol. The number of thioether (sulfide) groups is 1. The molecule has 0 unspecified atom stereocenters. The normalized spacial score (nSPS) is 11.3. The van der Waals surface area contributed by atoms with Gasteiger partial charge in [-0.3, -0.25) is 4.72 Å². The van der Waals surface area contributed by atoms with Crippen molar-refractivity contribution >= 4 is 33.2 Å². The third-order valence-electron chi connectivity index (χ3n) is 2.78. The Morgan fingerprint density at radius 3 is 2.55 bits per heavy atom. The molecule has 0 atom stereocenters. The predicted octanol–water partition coefficient (Wildman–Crippen LogP) is 3.10. The van der Waals surface area contributed by atoms with E-state index in [4.69, 9.17) is 5.73 Å². The Hall–Kier alpha value is -1.66. The molecule has 0 aliphatic carbocycles. The summed E-state index contributed by atoms with van der Waals surface area (Å²) in [6, 6.07) is 12.1. The third kappa shape index (κ3) is 3.26. The van der Waals surface area contributed by atoms with Gasteiger partial charge in [-0.2, -0.15) is 0 Å². The topological polar surface area (TPSA) is 72.2 Å². The molecular formula is C14H16N2O2S2. The molecule has 0 aliphatic rings. The van der Waals surface area contributed by atoms with Crippen LogP contribution in [0.25, 0.3) is 0 Å². The zero-order chi connectivity index (χ0) is 14.8. The van der Waals surface area contributed by atoms with E-state index in [1.165, 1.54) is 6.07 Å². The lowest BCUT2D eigenvalue weighted by Crippen LogP contribution is -2.14. The summed E-state index contributed by atoms with van der Waals surface area (Å²) in [7, 11) is -3.67. The van der Waals surface area contributed by atoms with Crippen LogP contribution in [-0.4, -0.2) is 14.7 Å². The van der Waals surface area contributed by atoms with Crippen molar-refractivity contribution in [2.24, 2.45) is 0 Å². The maximum atomic E-state index is 12.3. The van der Waals surface area contributed by atoms with Crippen LogP contribution in [0.3, 0.4) is 0 Å². The Morgan fingerprint density at radius 2 is 1.90 bits per heavy atom. The maximum absolute atomic E-state index is 12.3. The van der Waals surface area contributed by atoms with Crippen molar-refractivity contribution < 1.29 is 8.42 Å². The first-order chi connectivity index (χ1) is 9.42. The molecule has 6 heteroatoms. The van der Waals surface area contributed by atoms with E-state index in [1.807, 2.05) is 25.3 Å². The largest absolute Gasteiger partial charge is 0.398 e. The number of hydrogen-bond donors (Lipinski definition) is 2. The summed E-state index contributed by atoms with van der Waals surface area (Å²) in [4.78, 5) is 1.08. The van der Waals surface area contributed by atoms with E-state index in [1.54, 1.807) is 36.0 Å². The van der Waals surface area contributed by atoms with Crippen LogP contribution >= 0.6 is 11.8 Å². The van der Waals surface area contributed by atoms with Gasteiger partial charge in [0.15, 0.2) is 0 Å². The molecule has 4 nitrogen and oxygen atoms in total. The van der Waals surface area contributed by atoms with Crippen LogP contribution in [-0.2, 0) is 10.0 Å². The summed E-state index contributed by atoms with van der Waals surface area (Å²) < 4.78 is 27.2. The van der Waals surface area contributed by atoms with Crippen molar-refractivity contribution in [1.29, 1.82) is 0 Å². The summed E-state index contributed by atoms with van der Waals surface area (Å²) in [6.45, 7) is 1.86. The van der Waals surface area contributed by atoms with Gasteiger partial charge >= 0.3 is 0 Å². The molecule has 2 aromatic rings. The van der Waals surface area contributed by atoms with Gasteiger partial charge in [-0.25, -0.2) is 8.42 Å². The first-order valence-electron chi connectivity index (χ1n) is 5.95. The van der Waals surface area contributed by atoms with E-state index in [-0.39, 0.29) is 10.6 Å². The summed E-state index contributed by atoms with van der Waals surface area (Å²) in [5.74, 6) is 0. The Bertz CT molecular complexity index is 728. The highest BCUT2D eigenvalue weighted by atomic mass is 32.2. The first kappa shape index (κ1) is 14.7. The lowest BCUT2D eigenvalue weighted by atomic mass is 10.2. The van der Waals surface area contributed by atoms with Gasteiger partial charge in [0.25, 0.3) is 10.0 Å². The summed E-state index contributed by atoms with van der Waals surface area (Å²) in [6.07, 6.45) is 1.94. The molecule has 2 rings (SSSR count). The number of nitrogens with one attached hydrogen (secondary N) is 1. The van der Waals surface area contributed by atoms with Gasteiger partial charge in [-0.05, 0) is 49.1 Å². The molecule has 0 bridgehead atoms. The molecule has 0 aromatic heterocycles. The highest BCUT2D eigenvalue weighted by molar-refractivity contribution is 7.98. The Kier molecular flexibility index (Phi) is 4.25. The number of benzene rings is 2. The zero-order valence-electron chi connectivity index (χ0n) is 11.3.